The molecule has 1 heterocycles. The molecule has 0 fully saturated rings. The van der Waals surface area contributed by atoms with E-state index in [9.17, 15) is 33.9 Å². The molecule has 4 unspecified atom stereocenters. The first-order chi connectivity index (χ1) is 15.8. The first-order valence-corrected chi connectivity index (χ1v) is 10.2. The molecule has 15 heteroatoms. The number of H-pyrrole nitrogens is 1. The molecule has 188 valence electrons. The van der Waals surface area contributed by atoms with Gasteiger partial charge in [-0.1, -0.05) is 13.8 Å². The van der Waals surface area contributed by atoms with Crippen LogP contribution in [0.15, 0.2) is 12.5 Å². The van der Waals surface area contributed by atoms with Crippen LogP contribution in [0.1, 0.15) is 32.4 Å². The zero-order valence-electron chi connectivity index (χ0n) is 18.6. The zero-order valence-corrected chi connectivity index (χ0v) is 18.6. The highest BCUT2D eigenvalue weighted by atomic mass is 16.4. The zero-order chi connectivity index (χ0) is 26.0. The fourth-order valence-electron chi connectivity index (χ4n) is 2.84. The van der Waals surface area contributed by atoms with Crippen molar-refractivity contribution >= 4 is 35.6 Å². The van der Waals surface area contributed by atoms with Gasteiger partial charge in [0.1, 0.15) is 18.1 Å². The van der Waals surface area contributed by atoms with Crippen molar-refractivity contribution in [1.29, 1.82) is 0 Å². The van der Waals surface area contributed by atoms with E-state index in [4.69, 9.17) is 16.6 Å². The standard InChI is InChI=1S/C19H29N7O8/c1-8(2)15(26-16(30)10(20)4-14(28)29)18(32)24-11(3-9-6-22-7-23-9)17(31)25-12(19(33)34)5-13(21)27/h6-8,10-12,15H,3-5,20H2,1-2H3,(H2,21,27)(H,22,23)(H,24,32)(H,25,31)(H,26,30)(H,28,29)(H,33,34). The summed E-state index contributed by atoms with van der Waals surface area (Å²) >= 11 is 0. The number of carbonyl (C=O) groups excluding carboxylic acids is 4. The maximum absolute atomic E-state index is 12.9. The summed E-state index contributed by atoms with van der Waals surface area (Å²) < 4.78 is 0. The quantitative estimate of drug-likeness (QED) is 0.131. The van der Waals surface area contributed by atoms with Crippen LogP contribution in [0.3, 0.4) is 0 Å². The summed E-state index contributed by atoms with van der Waals surface area (Å²) in [5.41, 5.74) is 11.0. The third-order valence-corrected chi connectivity index (χ3v) is 4.61. The highest BCUT2D eigenvalue weighted by molar-refractivity contribution is 5.95. The Hall–Kier alpha value is -4.01. The predicted octanol–water partition coefficient (Wildman–Crippen LogP) is -3.18. The molecule has 1 rings (SSSR count). The SMILES string of the molecule is CC(C)C(NC(=O)C(N)CC(=O)O)C(=O)NC(Cc1cnc[nH]1)C(=O)NC(CC(N)=O)C(=O)O. The van der Waals surface area contributed by atoms with Crippen LogP contribution in [0.2, 0.25) is 0 Å². The summed E-state index contributed by atoms with van der Waals surface area (Å²) in [5, 5.41) is 25.0. The Morgan fingerprint density at radius 1 is 0.971 bits per heavy atom. The Bertz CT molecular complexity index is 902. The van der Waals surface area contributed by atoms with Gasteiger partial charge in [-0.2, -0.15) is 0 Å². The molecule has 0 spiro atoms. The van der Waals surface area contributed by atoms with E-state index in [1.165, 1.54) is 12.5 Å². The van der Waals surface area contributed by atoms with E-state index in [2.05, 4.69) is 25.9 Å². The number of nitrogens with zero attached hydrogens (tertiary/aromatic N) is 1. The van der Waals surface area contributed by atoms with Crippen molar-refractivity contribution in [3.8, 4) is 0 Å². The third kappa shape index (κ3) is 9.23. The lowest BCUT2D eigenvalue weighted by Crippen LogP contribution is -2.59. The number of hydrogen-bond donors (Lipinski definition) is 8. The molecule has 4 amide bonds. The minimum Gasteiger partial charge on any atom is -0.481 e. The Morgan fingerprint density at radius 2 is 1.59 bits per heavy atom. The number of aromatic amines is 1. The second-order valence-corrected chi connectivity index (χ2v) is 7.85. The molecule has 0 aliphatic carbocycles. The number of amides is 4. The Morgan fingerprint density at radius 3 is 2.06 bits per heavy atom. The lowest BCUT2D eigenvalue weighted by molar-refractivity contribution is -0.143. The molecule has 1 aromatic rings. The van der Waals surface area contributed by atoms with Gasteiger partial charge in [-0.15, -0.1) is 0 Å². The van der Waals surface area contributed by atoms with Crippen molar-refractivity contribution < 1.29 is 39.0 Å². The second-order valence-electron chi connectivity index (χ2n) is 7.85. The Balaban J connectivity index is 3.04. The first kappa shape index (κ1) is 28.0. The van der Waals surface area contributed by atoms with Crippen molar-refractivity contribution in [2.24, 2.45) is 17.4 Å². The van der Waals surface area contributed by atoms with E-state index < -0.39 is 78.5 Å². The summed E-state index contributed by atoms with van der Waals surface area (Å²) in [6.07, 6.45) is 1.27. The van der Waals surface area contributed by atoms with Gasteiger partial charge in [0.15, 0.2) is 0 Å². The molecular formula is C19H29N7O8. The lowest BCUT2D eigenvalue weighted by Gasteiger charge is -2.26. The van der Waals surface area contributed by atoms with E-state index in [1.807, 2.05) is 0 Å². The molecule has 0 saturated heterocycles. The largest absolute Gasteiger partial charge is 0.481 e. The summed E-state index contributed by atoms with van der Waals surface area (Å²) in [5.74, 6) is -6.84. The molecular weight excluding hydrogens is 454 g/mol. The van der Waals surface area contributed by atoms with Crippen LogP contribution in [0.4, 0.5) is 0 Å². The minimum atomic E-state index is -1.62. The maximum atomic E-state index is 12.9. The molecule has 10 N–H and O–H groups in total. The topological polar surface area (TPSA) is 260 Å². The van der Waals surface area contributed by atoms with Crippen molar-refractivity contribution in [2.45, 2.75) is 57.3 Å². The van der Waals surface area contributed by atoms with Gasteiger partial charge >= 0.3 is 11.9 Å². The number of aliphatic carboxylic acids is 2. The molecule has 0 radical (unpaired) electrons. The fourth-order valence-corrected chi connectivity index (χ4v) is 2.84. The van der Waals surface area contributed by atoms with E-state index in [1.54, 1.807) is 13.8 Å². The van der Waals surface area contributed by atoms with E-state index in [-0.39, 0.29) is 6.42 Å². The van der Waals surface area contributed by atoms with Gasteiger partial charge in [0.2, 0.25) is 23.6 Å². The molecule has 34 heavy (non-hydrogen) atoms. The summed E-state index contributed by atoms with van der Waals surface area (Å²) in [6.45, 7) is 3.20. The first-order valence-electron chi connectivity index (χ1n) is 10.2. The smallest absolute Gasteiger partial charge is 0.326 e. The number of rotatable bonds is 14. The van der Waals surface area contributed by atoms with Crippen LogP contribution in [0, 0.1) is 5.92 Å². The molecule has 0 saturated carbocycles. The van der Waals surface area contributed by atoms with Crippen LogP contribution in [0.5, 0.6) is 0 Å². The average Bonchev–Trinajstić information content (AvgIpc) is 3.22. The number of carbonyl (C=O) groups is 6. The van der Waals surface area contributed by atoms with Crippen molar-refractivity contribution in [3.63, 3.8) is 0 Å². The number of carboxylic acids is 2. The second kappa shape index (κ2) is 12.9. The van der Waals surface area contributed by atoms with Gasteiger partial charge in [-0.3, -0.25) is 24.0 Å². The average molecular weight is 483 g/mol. The summed E-state index contributed by atoms with van der Waals surface area (Å²) in [7, 11) is 0. The highest BCUT2D eigenvalue weighted by Crippen LogP contribution is 2.07. The van der Waals surface area contributed by atoms with Gasteiger partial charge in [-0.25, -0.2) is 9.78 Å². The van der Waals surface area contributed by atoms with Crippen LogP contribution in [0.25, 0.3) is 0 Å². The molecule has 0 bridgehead atoms. The Labute approximate surface area is 194 Å². The van der Waals surface area contributed by atoms with Gasteiger partial charge in [-0.05, 0) is 5.92 Å². The van der Waals surface area contributed by atoms with Crippen LogP contribution < -0.4 is 27.4 Å². The van der Waals surface area contributed by atoms with Crippen molar-refractivity contribution in [1.82, 2.24) is 25.9 Å². The predicted molar refractivity (Wildman–Crippen MR) is 115 cm³/mol. The van der Waals surface area contributed by atoms with E-state index in [0.29, 0.717) is 5.69 Å². The van der Waals surface area contributed by atoms with Crippen molar-refractivity contribution in [3.05, 3.63) is 18.2 Å². The number of aromatic nitrogens is 2. The highest BCUT2D eigenvalue weighted by Gasteiger charge is 2.32. The van der Waals surface area contributed by atoms with E-state index in [0.717, 1.165) is 0 Å². The van der Waals surface area contributed by atoms with Gasteiger partial charge in [0.25, 0.3) is 0 Å². The fraction of sp³-hybridized carbons (Fsp3) is 0.526. The molecule has 0 aliphatic heterocycles. The molecule has 0 aliphatic rings. The number of hydrogen-bond acceptors (Lipinski definition) is 8. The lowest BCUT2D eigenvalue weighted by atomic mass is 10.0. The number of imidazole rings is 1. The minimum absolute atomic E-state index is 0.127. The van der Waals surface area contributed by atoms with Gasteiger partial charge in [0.05, 0.1) is 25.2 Å². The van der Waals surface area contributed by atoms with Crippen molar-refractivity contribution in [2.75, 3.05) is 0 Å². The number of nitrogens with two attached hydrogens (primary N) is 2. The number of nitrogens with one attached hydrogen (secondary N) is 4. The normalized spacial score (nSPS) is 14.4. The summed E-state index contributed by atoms with van der Waals surface area (Å²) in [4.78, 5) is 77.8. The number of carboxylic acid groups (broad SMARTS) is 2. The Kier molecular flexibility index (Phi) is 10.6. The number of primary amides is 1. The van der Waals surface area contributed by atoms with Crippen LogP contribution in [-0.4, -0.2) is 79.9 Å². The van der Waals surface area contributed by atoms with Gasteiger partial charge in [0, 0.05) is 18.3 Å². The molecule has 0 aromatic carbocycles. The maximum Gasteiger partial charge on any atom is 0.326 e. The molecule has 1 aromatic heterocycles. The molecule has 4 atom stereocenters. The van der Waals surface area contributed by atoms with Gasteiger partial charge < -0.3 is 42.6 Å². The van der Waals surface area contributed by atoms with E-state index >= 15 is 0 Å². The summed E-state index contributed by atoms with van der Waals surface area (Å²) in [6, 6.07) is -5.54. The molecule has 15 nitrogen and oxygen atoms in total. The van der Waals surface area contributed by atoms with Crippen LogP contribution in [-0.2, 0) is 35.2 Å². The third-order valence-electron chi connectivity index (χ3n) is 4.61. The van der Waals surface area contributed by atoms with Crippen LogP contribution >= 0.6 is 0 Å². The monoisotopic (exact) mass is 483 g/mol.